The predicted octanol–water partition coefficient (Wildman–Crippen LogP) is 5.62. The van der Waals surface area contributed by atoms with Gasteiger partial charge in [0.2, 0.25) is 5.91 Å². The molecular formula is C33H29N3O6S. The minimum atomic E-state index is -0.540. The molecule has 0 aliphatic carbocycles. The zero-order chi connectivity index (χ0) is 30.6. The number of hydrogen-bond donors (Lipinski definition) is 3. The number of nitrogens with one attached hydrogen (secondary N) is 3. The van der Waals surface area contributed by atoms with E-state index in [9.17, 15) is 19.2 Å². The van der Waals surface area contributed by atoms with E-state index in [0.29, 0.717) is 28.3 Å². The minimum Gasteiger partial charge on any atom is -0.497 e. The van der Waals surface area contributed by atoms with Gasteiger partial charge in [0.1, 0.15) is 11.4 Å². The summed E-state index contributed by atoms with van der Waals surface area (Å²) in [6.07, 6.45) is 1.57. The van der Waals surface area contributed by atoms with Gasteiger partial charge in [-0.3, -0.25) is 14.4 Å². The first-order valence-electron chi connectivity index (χ1n) is 13.1. The fourth-order valence-electron chi connectivity index (χ4n) is 3.89. The molecule has 0 heterocycles. The molecule has 9 nitrogen and oxygen atoms in total. The number of rotatable bonds is 11. The molecule has 0 aromatic heterocycles. The zero-order valence-electron chi connectivity index (χ0n) is 23.5. The lowest BCUT2D eigenvalue weighted by molar-refractivity contribution is -0.114. The minimum absolute atomic E-state index is 0.0458. The van der Waals surface area contributed by atoms with Gasteiger partial charge in [0, 0.05) is 16.1 Å². The Morgan fingerprint density at radius 2 is 1.51 bits per heavy atom. The molecule has 0 atom stereocenters. The highest BCUT2D eigenvalue weighted by Gasteiger charge is 2.16. The fourth-order valence-corrected chi connectivity index (χ4v) is 4.59. The van der Waals surface area contributed by atoms with Gasteiger partial charge in [-0.2, -0.15) is 0 Å². The highest BCUT2D eigenvalue weighted by atomic mass is 32.2. The summed E-state index contributed by atoms with van der Waals surface area (Å²) in [5.74, 6) is -1.07. The van der Waals surface area contributed by atoms with Crippen molar-refractivity contribution in [3.8, 4) is 5.75 Å². The number of thioether (sulfide) groups is 1. The van der Waals surface area contributed by atoms with E-state index in [1.165, 1.54) is 18.9 Å². The van der Waals surface area contributed by atoms with Crippen LogP contribution in [0.1, 0.15) is 26.3 Å². The van der Waals surface area contributed by atoms with Crippen LogP contribution in [0.4, 0.5) is 11.4 Å². The first kappa shape index (κ1) is 30.6. The van der Waals surface area contributed by atoms with Crippen LogP contribution in [0.2, 0.25) is 0 Å². The number of methoxy groups -OCH3 is 2. The van der Waals surface area contributed by atoms with Crippen molar-refractivity contribution in [3.63, 3.8) is 0 Å². The summed E-state index contributed by atoms with van der Waals surface area (Å²) in [4.78, 5) is 51.4. The Balaban J connectivity index is 1.41. The van der Waals surface area contributed by atoms with Crippen molar-refractivity contribution in [2.24, 2.45) is 0 Å². The van der Waals surface area contributed by atoms with Gasteiger partial charge in [-0.15, -0.1) is 11.8 Å². The third kappa shape index (κ3) is 8.82. The Labute approximate surface area is 253 Å². The van der Waals surface area contributed by atoms with Crippen LogP contribution in [0.15, 0.2) is 114 Å². The van der Waals surface area contributed by atoms with Crippen LogP contribution in [0, 0.1) is 0 Å². The molecule has 43 heavy (non-hydrogen) atoms. The summed E-state index contributed by atoms with van der Waals surface area (Å²) in [5, 5.41) is 8.25. The molecule has 0 saturated heterocycles. The largest absolute Gasteiger partial charge is 0.497 e. The van der Waals surface area contributed by atoms with Gasteiger partial charge in [-0.1, -0.05) is 42.5 Å². The quantitative estimate of drug-likeness (QED) is 0.117. The Morgan fingerprint density at radius 3 is 2.23 bits per heavy atom. The second kappa shape index (κ2) is 15.0. The van der Waals surface area contributed by atoms with Crippen LogP contribution in [0.3, 0.4) is 0 Å². The second-order valence-electron chi connectivity index (χ2n) is 9.01. The van der Waals surface area contributed by atoms with Crippen molar-refractivity contribution in [3.05, 3.63) is 126 Å². The lowest BCUT2D eigenvalue weighted by atomic mass is 10.1. The molecule has 0 unspecified atom stereocenters. The molecule has 0 bridgehead atoms. The summed E-state index contributed by atoms with van der Waals surface area (Å²) < 4.78 is 10.0. The van der Waals surface area contributed by atoms with Gasteiger partial charge in [-0.25, -0.2) is 4.79 Å². The van der Waals surface area contributed by atoms with Gasteiger partial charge in [-0.05, 0) is 72.3 Å². The number of para-hydroxylation sites is 1. The van der Waals surface area contributed by atoms with Gasteiger partial charge in [0.15, 0.2) is 0 Å². The number of ether oxygens (including phenoxy) is 2. The van der Waals surface area contributed by atoms with E-state index >= 15 is 0 Å². The van der Waals surface area contributed by atoms with E-state index < -0.39 is 17.8 Å². The van der Waals surface area contributed by atoms with Crippen LogP contribution in [-0.2, 0) is 14.3 Å². The van der Waals surface area contributed by atoms with Crippen LogP contribution < -0.4 is 20.7 Å². The van der Waals surface area contributed by atoms with Gasteiger partial charge >= 0.3 is 5.97 Å². The van der Waals surface area contributed by atoms with E-state index in [4.69, 9.17) is 9.47 Å². The Hall–Kier alpha value is -5.35. The third-order valence-electron chi connectivity index (χ3n) is 6.02. The first-order chi connectivity index (χ1) is 20.9. The summed E-state index contributed by atoms with van der Waals surface area (Å²) in [7, 11) is 2.83. The monoisotopic (exact) mass is 595 g/mol. The van der Waals surface area contributed by atoms with E-state index in [1.807, 2.05) is 0 Å². The molecule has 0 saturated carbocycles. The van der Waals surface area contributed by atoms with Crippen molar-refractivity contribution >= 4 is 52.9 Å². The molecule has 10 heteroatoms. The molecule has 4 aromatic carbocycles. The van der Waals surface area contributed by atoms with Gasteiger partial charge in [0.05, 0.1) is 31.2 Å². The molecule has 4 aromatic rings. The Bertz CT molecular complexity index is 1640. The second-order valence-corrected chi connectivity index (χ2v) is 10.1. The van der Waals surface area contributed by atoms with E-state index in [0.717, 1.165) is 4.90 Å². The number of esters is 1. The predicted molar refractivity (Wildman–Crippen MR) is 167 cm³/mol. The molecule has 0 spiro atoms. The maximum Gasteiger partial charge on any atom is 0.339 e. The highest BCUT2D eigenvalue weighted by molar-refractivity contribution is 8.00. The lowest BCUT2D eigenvalue weighted by Crippen LogP contribution is -2.30. The first-order valence-corrected chi connectivity index (χ1v) is 14.1. The maximum absolute atomic E-state index is 13.3. The summed E-state index contributed by atoms with van der Waals surface area (Å²) in [5.41, 5.74) is 2.25. The summed E-state index contributed by atoms with van der Waals surface area (Å²) in [6, 6.07) is 29.3. The molecule has 4 rings (SSSR count). The normalized spacial score (nSPS) is 10.8. The number of anilines is 2. The molecular weight excluding hydrogens is 566 g/mol. The lowest BCUT2D eigenvalue weighted by Gasteiger charge is -2.12. The van der Waals surface area contributed by atoms with Crippen molar-refractivity contribution in [2.75, 3.05) is 30.6 Å². The molecule has 0 aliphatic heterocycles. The topological polar surface area (TPSA) is 123 Å². The average Bonchev–Trinajstić information content (AvgIpc) is 3.04. The molecule has 0 aliphatic rings. The van der Waals surface area contributed by atoms with E-state index in [1.54, 1.807) is 116 Å². The SMILES string of the molecule is COC(=O)c1ccccc1NC(=O)CSc1ccc(NC(=O)/C(=C/c2cccc(OC)c2)NC(=O)c2ccccc2)cc1. The maximum atomic E-state index is 13.3. The summed E-state index contributed by atoms with van der Waals surface area (Å²) >= 11 is 1.29. The molecule has 0 radical (unpaired) electrons. The van der Waals surface area contributed by atoms with E-state index in [2.05, 4.69) is 16.0 Å². The standard InChI is InChI=1S/C33H29N3O6S/c1-41-25-12-8-9-22(19-25)20-29(36-31(38)23-10-4-3-5-11-23)32(39)34-24-15-17-26(18-16-24)43-21-30(37)35-28-14-7-6-13-27(28)33(40)42-2/h3-20H,21H2,1-2H3,(H,34,39)(H,35,37)(H,36,38)/b29-20-. The van der Waals surface area contributed by atoms with Crippen LogP contribution in [0.5, 0.6) is 5.75 Å². The number of hydrogen-bond acceptors (Lipinski definition) is 7. The van der Waals surface area contributed by atoms with Gasteiger partial charge in [0.25, 0.3) is 11.8 Å². The van der Waals surface area contributed by atoms with Crippen LogP contribution in [0.25, 0.3) is 6.08 Å². The Kier molecular flexibility index (Phi) is 10.7. The molecule has 0 fully saturated rings. The number of benzene rings is 4. The van der Waals surface area contributed by atoms with Crippen molar-refractivity contribution in [2.45, 2.75) is 4.90 Å². The average molecular weight is 596 g/mol. The highest BCUT2D eigenvalue weighted by Crippen LogP contribution is 2.23. The number of carbonyl (C=O) groups excluding carboxylic acids is 4. The van der Waals surface area contributed by atoms with Gasteiger partial charge < -0.3 is 25.4 Å². The fraction of sp³-hybridized carbons (Fsp3) is 0.0909. The van der Waals surface area contributed by atoms with Crippen LogP contribution in [-0.4, -0.2) is 43.7 Å². The van der Waals surface area contributed by atoms with Crippen LogP contribution >= 0.6 is 11.8 Å². The van der Waals surface area contributed by atoms with Crippen molar-refractivity contribution < 1.29 is 28.7 Å². The molecule has 3 N–H and O–H groups in total. The number of amides is 3. The smallest absolute Gasteiger partial charge is 0.339 e. The van der Waals surface area contributed by atoms with Crippen molar-refractivity contribution in [1.29, 1.82) is 0 Å². The summed E-state index contributed by atoms with van der Waals surface area (Å²) in [6.45, 7) is 0. The zero-order valence-corrected chi connectivity index (χ0v) is 24.3. The molecule has 3 amide bonds. The van der Waals surface area contributed by atoms with Crippen molar-refractivity contribution in [1.82, 2.24) is 5.32 Å². The number of carbonyl (C=O) groups is 4. The van der Waals surface area contributed by atoms with E-state index in [-0.39, 0.29) is 22.9 Å². The Morgan fingerprint density at radius 1 is 0.791 bits per heavy atom. The molecule has 218 valence electrons. The third-order valence-corrected chi connectivity index (χ3v) is 7.03.